The molecule has 0 aliphatic heterocycles. The summed E-state index contributed by atoms with van der Waals surface area (Å²) < 4.78 is 23.5. The van der Waals surface area contributed by atoms with E-state index in [1.165, 1.54) is 12.1 Å². The van der Waals surface area contributed by atoms with E-state index in [9.17, 15) is 9.18 Å². The predicted octanol–water partition coefficient (Wildman–Crippen LogP) is 3.03. The summed E-state index contributed by atoms with van der Waals surface area (Å²) in [5.74, 6) is 0.449. The van der Waals surface area contributed by atoms with Gasteiger partial charge >= 0.3 is 0 Å². The molecule has 2 aromatic rings. The van der Waals surface area contributed by atoms with E-state index in [0.29, 0.717) is 32.5 Å². The number of hydrogen-bond acceptors (Lipinski definition) is 3. The average Bonchev–Trinajstić information content (AvgIpc) is 3.02. The molecule has 1 amide bonds. The predicted molar refractivity (Wildman–Crippen MR) is 80.7 cm³/mol. The Bertz CT molecular complexity index is 583. The molecule has 0 aliphatic carbocycles. The van der Waals surface area contributed by atoms with Gasteiger partial charge in [-0.3, -0.25) is 4.79 Å². The molecule has 1 aromatic carbocycles. The Morgan fingerprint density at radius 2 is 2.18 bits per heavy atom. The third kappa shape index (κ3) is 5.00. The fourth-order valence-corrected chi connectivity index (χ4v) is 2.19. The second-order valence-corrected chi connectivity index (χ2v) is 5.02. The van der Waals surface area contributed by atoms with Gasteiger partial charge in [0.2, 0.25) is 5.91 Å². The van der Waals surface area contributed by atoms with Crippen LogP contribution in [0.1, 0.15) is 17.7 Å². The lowest BCUT2D eigenvalue weighted by Gasteiger charge is -2.21. The van der Waals surface area contributed by atoms with E-state index in [-0.39, 0.29) is 11.7 Å². The second kappa shape index (κ2) is 8.34. The van der Waals surface area contributed by atoms with Crippen molar-refractivity contribution in [1.82, 2.24) is 4.90 Å². The lowest BCUT2D eigenvalue weighted by Crippen LogP contribution is -2.33. The number of amides is 1. The van der Waals surface area contributed by atoms with Crippen molar-refractivity contribution in [3.8, 4) is 0 Å². The van der Waals surface area contributed by atoms with Crippen LogP contribution in [0.4, 0.5) is 4.39 Å². The van der Waals surface area contributed by atoms with Gasteiger partial charge in [0.05, 0.1) is 19.4 Å². The lowest BCUT2D eigenvalue weighted by atomic mass is 10.1. The summed E-state index contributed by atoms with van der Waals surface area (Å²) in [5, 5.41) is 0. The van der Waals surface area contributed by atoms with Gasteiger partial charge in [-0.2, -0.15) is 0 Å². The maximum Gasteiger partial charge on any atom is 0.223 e. The first-order chi connectivity index (χ1) is 10.7. The highest BCUT2D eigenvalue weighted by atomic mass is 19.1. The summed E-state index contributed by atoms with van der Waals surface area (Å²) in [6.07, 6.45) is 2.42. The molecule has 0 N–H and O–H groups in total. The van der Waals surface area contributed by atoms with Crippen LogP contribution >= 0.6 is 0 Å². The van der Waals surface area contributed by atoms with Gasteiger partial charge in [0.1, 0.15) is 11.6 Å². The van der Waals surface area contributed by atoms with Crippen molar-refractivity contribution < 1.29 is 18.3 Å². The van der Waals surface area contributed by atoms with Crippen LogP contribution in [-0.2, 0) is 22.5 Å². The van der Waals surface area contributed by atoms with E-state index in [2.05, 4.69) is 0 Å². The smallest absolute Gasteiger partial charge is 0.223 e. The van der Waals surface area contributed by atoms with E-state index in [0.717, 1.165) is 11.3 Å². The van der Waals surface area contributed by atoms with E-state index in [1.807, 2.05) is 12.1 Å². The molecule has 4 nitrogen and oxygen atoms in total. The van der Waals surface area contributed by atoms with E-state index in [4.69, 9.17) is 9.15 Å². The molecule has 0 aliphatic rings. The number of hydrogen-bond donors (Lipinski definition) is 0. The van der Waals surface area contributed by atoms with Gasteiger partial charge in [-0.1, -0.05) is 12.1 Å². The fraction of sp³-hybridized carbons (Fsp3) is 0.353. The maximum atomic E-state index is 13.1. The van der Waals surface area contributed by atoms with Gasteiger partial charge in [-0.05, 0) is 36.2 Å². The zero-order valence-electron chi connectivity index (χ0n) is 12.6. The molecule has 0 spiro atoms. The summed E-state index contributed by atoms with van der Waals surface area (Å²) in [4.78, 5) is 14.1. The van der Waals surface area contributed by atoms with Crippen LogP contribution in [0.3, 0.4) is 0 Å². The number of halogens is 1. The molecule has 5 heteroatoms. The summed E-state index contributed by atoms with van der Waals surface area (Å²) in [7, 11) is 1.60. The first kappa shape index (κ1) is 16.2. The van der Waals surface area contributed by atoms with Crippen molar-refractivity contribution in [2.24, 2.45) is 0 Å². The van der Waals surface area contributed by atoms with Crippen molar-refractivity contribution in [2.75, 3.05) is 20.3 Å². The number of carbonyl (C=O) groups is 1. The number of benzene rings is 1. The fourth-order valence-electron chi connectivity index (χ4n) is 2.19. The SMILES string of the molecule is COCCN(Cc1ccco1)C(=O)CCc1cccc(F)c1. The molecule has 0 radical (unpaired) electrons. The van der Waals surface area contributed by atoms with Gasteiger partial charge in [-0.25, -0.2) is 4.39 Å². The molecule has 118 valence electrons. The number of rotatable bonds is 8. The largest absolute Gasteiger partial charge is 0.467 e. The van der Waals surface area contributed by atoms with Crippen molar-refractivity contribution >= 4 is 5.91 Å². The molecule has 22 heavy (non-hydrogen) atoms. The summed E-state index contributed by atoms with van der Waals surface area (Å²) in [5.41, 5.74) is 0.818. The second-order valence-electron chi connectivity index (χ2n) is 5.02. The third-order valence-electron chi connectivity index (χ3n) is 3.36. The Morgan fingerprint density at radius 3 is 2.86 bits per heavy atom. The molecular weight excluding hydrogens is 285 g/mol. The minimum atomic E-state index is -0.281. The van der Waals surface area contributed by atoms with Crippen molar-refractivity contribution in [3.05, 3.63) is 59.8 Å². The molecule has 0 saturated carbocycles. The van der Waals surface area contributed by atoms with Crippen molar-refractivity contribution in [3.63, 3.8) is 0 Å². The number of nitrogens with zero attached hydrogens (tertiary/aromatic N) is 1. The van der Waals surface area contributed by atoms with Gasteiger partial charge in [0.15, 0.2) is 0 Å². The van der Waals surface area contributed by atoms with Crippen LogP contribution in [-0.4, -0.2) is 31.1 Å². The Labute approximate surface area is 129 Å². The Kier molecular flexibility index (Phi) is 6.15. The number of ether oxygens (including phenoxy) is 1. The molecule has 0 atom stereocenters. The topological polar surface area (TPSA) is 42.7 Å². The molecule has 0 unspecified atom stereocenters. The normalized spacial score (nSPS) is 10.6. The monoisotopic (exact) mass is 305 g/mol. The molecule has 0 bridgehead atoms. The maximum absolute atomic E-state index is 13.1. The van der Waals surface area contributed by atoms with Gasteiger partial charge < -0.3 is 14.1 Å². The van der Waals surface area contributed by atoms with E-state index in [1.54, 1.807) is 30.4 Å². The zero-order chi connectivity index (χ0) is 15.8. The Hall–Kier alpha value is -2.14. The zero-order valence-corrected chi connectivity index (χ0v) is 12.6. The molecule has 1 aromatic heterocycles. The highest BCUT2D eigenvalue weighted by molar-refractivity contribution is 5.76. The summed E-state index contributed by atoms with van der Waals surface area (Å²) >= 11 is 0. The van der Waals surface area contributed by atoms with Crippen LogP contribution in [0.25, 0.3) is 0 Å². The number of methoxy groups -OCH3 is 1. The first-order valence-electron chi connectivity index (χ1n) is 7.22. The van der Waals surface area contributed by atoms with Crippen molar-refractivity contribution in [1.29, 1.82) is 0 Å². The van der Waals surface area contributed by atoms with Crippen LogP contribution in [0.5, 0.6) is 0 Å². The van der Waals surface area contributed by atoms with Crippen LogP contribution in [0.15, 0.2) is 47.1 Å². The van der Waals surface area contributed by atoms with Crippen LogP contribution in [0.2, 0.25) is 0 Å². The Morgan fingerprint density at radius 1 is 1.32 bits per heavy atom. The average molecular weight is 305 g/mol. The standard InChI is InChI=1S/C17H20FNO3/c1-21-11-9-19(13-16-6-3-10-22-16)17(20)8-7-14-4-2-5-15(18)12-14/h2-6,10,12H,7-9,11,13H2,1H3. The molecular formula is C17H20FNO3. The van der Waals surface area contributed by atoms with Gasteiger partial charge in [0, 0.05) is 20.1 Å². The summed E-state index contributed by atoms with van der Waals surface area (Å²) in [6.45, 7) is 1.38. The minimum absolute atomic E-state index is 0.00212. The number of furan rings is 1. The Balaban J connectivity index is 1.92. The number of aryl methyl sites for hydroxylation is 1. The van der Waals surface area contributed by atoms with Crippen LogP contribution < -0.4 is 0 Å². The first-order valence-corrected chi connectivity index (χ1v) is 7.22. The van der Waals surface area contributed by atoms with Gasteiger partial charge in [0.25, 0.3) is 0 Å². The van der Waals surface area contributed by atoms with Crippen molar-refractivity contribution in [2.45, 2.75) is 19.4 Å². The van der Waals surface area contributed by atoms with Crippen LogP contribution in [0, 0.1) is 5.82 Å². The third-order valence-corrected chi connectivity index (χ3v) is 3.36. The summed E-state index contributed by atoms with van der Waals surface area (Å²) in [6, 6.07) is 9.95. The molecule has 2 rings (SSSR count). The molecule has 0 saturated heterocycles. The number of carbonyl (C=O) groups excluding carboxylic acids is 1. The van der Waals surface area contributed by atoms with E-state index >= 15 is 0 Å². The lowest BCUT2D eigenvalue weighted by molar-refractivity contribution is -0.132. The van der Waals surface area contributed by atoms with E-state index < -0.39 is 0 Å². The highest BCUT2D eigenvalue weighted by Gasteiger charge is 2.15. The molecule has 1 heterocycles. The quantitative estimate of drug-likeness (QED) is 0.753. The highest BCUT2D eigenvalue weighted by Crippen LogP contribution is 2.10. The minimum Gasteiger partial charge on any atom is -0.467 e. The molecule has 0 fully saturated rings. The van der Waals surface area contributed by atoms with Gasteiger partial charge in [-0.15, -0.1) is 0 Å².